The van der Waals surface area contributed by atoms with Crippen LogP contribution in [-0.4, -0.2) is 38.8 Å². The average molecular weight is 272 g/mol. The molecule has 7 heteroatoms. The van der Waals surface area contributed by atoms with Crippen LogP contribution in [0.3, 0.4) is 0 Å². The van der Waals surface area contributed by atoms with Crippen LogP contribution >= 0.6 is 0 Å². The molecule has 18 heavy (non-hydrogen) atoms. The maximum atomic E-state index is 11.1. The SMILES string of the molecule is CS(=O)(=O)NCCNC(C(=O)O)c1ccccc1. The summed E-state index contributed by atoms with van der Waals surface area (Å²) >= 11 is 0. The van der Waals surface area contributed by atoms with E-state index in [9.17, 15) is 13.2 Å². The van der Waals surface area contributed by atoms with Crippen LogP contribution < -0.4 is 10.0 Å². The van der Waals surface area contributed by atoms with E-state index in [2.05, 4.69) is 10.0 Å². The monoisotopic (exact) mass is 272 g/mol. The van der Waals surface area contributed by atoms with Gasteiger partial charge in [0.15, 0.2) is 0 Å². The third-order valence-electron chi connectivity index (χ3n) is 2.22. The van der Waals surface area contributed by atoms with Gasteiger partial charge in [0.25, 0.3) is 0 Å². The van der Waals surface area contributed by atoms with Crippen LogP contribution in [0.15, 0.2) is 30.3 Å². The smallest absolute Gasteiger partial charge is 0.325 e. The Labute approximate surface area is 106 Å². The van der Waals surface area contributed by atoms with Crippen molar-refractivity contribution >= 4 is 16.0 Å². The molecule has 0 radical (unpaired) electrons. The average Bonchev–Trinajstić information content (AvgIpc) is 2.28. The van der Waals surface area contributed by atoms with Gasteiger partial charge in [-0.1, -0.05) is 30.3 Å². The van der Waals surface area contributed by atoms with Gasteiger partial charge in [-0.05, 0) is 5.56 Å². The molecule has 1 unspecified atom stereocenters. The summed E-state index contributed by atoms with van der Waals surface area (Å²) in [6, 6.07) is 7.87. The van der Waals surface area contributed by atoms with E-state index < -0.39 is 22.0 Å². The first-order valence-electron chi connectivity index (χ1n) is 5.36. The summed E-state index contributed by atoms with van der Waals surface area (Å²) in [6.45, 7) is 0.383. The van der Waals surface area contributed by atoms with Gasteiger partial charge in [0.2, 0.25) is 10.0 Å². The van der Waals surface area contributed by atoms with E-state index in [0.29, 0.717) is 5.56 Å². The lowest BCUT2D eigenvalue weighted by Gasteiger charge is -2.14. The zero-order valence-electron chi connectivity index (χ0n) is 9.96. The van der Waals surface area contributed by atoms with Gasteiger partial charge in [0, 0.05) is 13.1 Å². The second-order valence-corrected chi connectivity index (χ2v) is 5.64. The van der Waals surface area contributed by atoms with Gasteiger partial charge in [-0.2, -0.15) is 0 Å². The predicted molar refractivity (Wildman–Crippen MR) is 67.7 cm³/mol. The molecule has 1 aromatic rings. The number of carboxylic acids is 1. The molecule has 0 aliphatic rings. The van der Waals surface area contributed by atoms with Crippen molar-refractivity contribution in [3.8, 4) is 0 Å². The van der Waals surface area contributed by atoms with Crippen molar-refractivity contribution in [3.05, 3.63) is 35.9 Å². The lowest BCUT2D eigenvalue weighted by Crippen LogP contribution is -2.35. The van der Waals surface area contributed by atoms with Crippen LogP contribution in [0.4, 0.5) is 0 Å². The van der Waals surface area contributed by atoms with Crippen LogP contribution in [0.5, 0.6) is 0 Å². The van der Waals surface area contributed by atoms with Crippen molar-refractivity contribution in [2.24, 2.45) is 0 Å². The fourth-order valence-corrected chi connectivity index (χ4v) is 1.92. The molecule has 0 fully saturated rings. The Morgan fingerprint density at radius 1 is 1.28 bits per heavy atom. The summed E-state index contributed by atoms with van der Waals surface area (Å²) < 4.78 is 23.9. The predicted octanol–water partition coefficient (Wildman–Crippen LogP) is -0.0489. The molecule has 0 saturated heterocycles. The Morgan fingerprint density at radius 3 is 2.39 bits per heavy atom. The minimum atomic E-state index is -3.24. The molecule has 0 heterocycles. The van der Waals surface area contributed by atoms with Gasteiger partial charge < -0.3 is 5.11 Å². The third kappa shape index (κ3) is 5.26. The lowest BCUT2D eigenvalue weighted by atomic mass is 10.1. The summed E-state index contributed by atoms with van der Waals surface area (Å²) in [5.74, 6) is -0.999. The summed E-state index contributed by atoms with van der Waals surface area (Å²) in [4.78, 5) is 11.1. The minimum Gasteiger partial charge on any atom is -0.480 e. The fourth-order valence-electron chi connectivity index (χ4n) is 1.45. The Morgan fingerprint density at radius 2 is 1.89 bits per heavy atom. The number of nitrogens with one attached hydrogen (secondary N) is 2. The van der Waals surface area contributed by atoms with Gasteiger partial charge in [0.05, 0.1) is 6.26 Å². The van der Waals surface area contributed by atoms with Crippen LogP contribution in [0, 0.1) is 0 Å². The molecule has 0 amide bonds. The summed E-state index contributed by atoms with van der Waals surface area (Å²) in [5, 5.41) is 11.9. The highest BCUT2D eigenvalue weighted by Crippen LogP contribution is 2.11. The molecule has 6 nitrogen and oxygen atoms in total. The van der Waals surface area contributed by atoms with Crippen molar-refractivity contribution in [1.82, 2.24) is 10.0 Å². The maximum absolute atomic E-state index is 11.1. The van der Waals surface area contributed by atoms with Crippen molar-refractivity contribution in [3.63, 3.8) is 0 Å². The van der Waals surface area contributed by atoms with E-state index >= 15 is 0 Å². The Bertz CT molecular complexity index is 487. The van der Waals surface area contributed by atoms with E-state index in [1.807, 2.05) is 0 Å². The van der Waals surface area contributed by atoms with Crippen LogP contribution in [0.25, 0.3) is 0 Å². The number of carboxylic acid groups (broad SMARTS) is 1. The van der Waals surface area contributed by atoms with Crippen molar-refractivity contribution in [2.45, 2.75) is 6.04 Å². The van der Waals surface area contributed by atoms with Crippen molar-refractivity contribution in [2.75, 3.05) is 19.3 Å². The largest absolute Gasteiger partial charge is 0.480 e. The topological polar surface area (TPSA) is 95.5 Å². The van der Waals surface area contributed by atoms with Crippen molar-refractivity contribution < 1.29 is 18.3 Å². The van der Waals surface area contributed by atoms with E-state index in [-0.39, 0.29) is 13.1 Å². The number of carbonyl (C=O) groups is 1. The van der Waals surface area contributed by atoms with Gasteiger partial charge in [-0.25, -0.2) is 13.1 Å². The quantitative estimate of drug-likeness (QED) is 0.605. The van der Waals surface area contributed by atoms with Gasteiger partial charge in [-0.3, -0.25) is 10.1 Å². The number of hydrogen-bond acceptors (Lipinski definition) is 4. The second-order valence-electron chi connectivity index (χ2n) is 3.80. The molecule has 0 aromatic heterocycles. The number of sulfonamides is 1. The number of rotatable bonds is 7. The first-order valence-corrected chi connectivity index (χ1v) is 7.25. The lowest BCUT2D eigenvalue weighted by molar-refractivity contribution is -0.139. The molecule has 1 atom stereocenters. The first-order chi connectivity index (χ1) is 8.40. The second kappa shape index (κ2) is 6.48. The number of hydrogen-bond donors (Lipinski definition) is 3. The Hall–Kier alpha value is -1.44. The summed E-state index contributed by atoms with van der Waals surface area (Å²) in [6.07, 6.45) is 1.05. The van der Waals surface area contributed by atoms with E-state index in [0.717, 1.165) is 6.26 Å². The molecule has 0 saturated carbocycles. The molecule has 0 bridgehead atoms. The molecule has 1 rings (SSSR count). The zero-order valence-corrected chi connectivity index (χ0v) is 10.8. The molecular weight excluding hydrogens is 256 g/mol. The summed E-state index contributed by atoms with van der Waals surface area (Å²) in [5.41, 5.74) is 0.629. The van der Waals surface area contributed by atoms with Crippen LogP contribution in [-0.2, 0) is 14.8 Å². The Balaban J connectivity index is 2.53. The third-order valence-corrected chi connectivity index (χ3v) is 2.95. The highest BCUT2D eigenvalue weighted by molar-refractivity contribution is 7.88. The van der Waals surface area contributed by atoms with E-state index in [1.54, 1.807) is 30.3 Å². The first kappa shape index (κ1) is 14.6. The molecule has 3 N–H and O–H groups in total. The summed E-state index contributed by atoms with van der Waals surface area (Å²) in [7, 11) is -3.24. The van der Waals surface area contributed by atoms with Gasteiger partial charge >= 0.3 is 5.97 Å². The maximum Gasteiger partial charge on any atom is 0.325 e. The van der Waals surface area contributed by atoms with Crippen molar-refractivity contribution in [1.29, 1.82) is 0 Å². The van der Waals surface area contributed by atoms with E-state index in [1.165, 1.54) is 0 Å². The molecule has 0 spiro atoms. The normalized spacial score (nSPS) is 13.2. The molecule has 100 valence electrons. The number of benzene rings is 1. The van der Waals surface area contributed by atoms with Crippen LogP contribution in [0.1, 0.15) is 11.6 Å². The zero-order chi connectivity index (χ0) is 13.6. The number of aliphatic carboxylic acids is 1. The molecule has 1 aromatic carbocycles. The Kier molecular flexibility index (Phi) is 5.26. The standard InChI is InChI=1S/C11H16N2O4S/c1-18(16,17)13-8-7-12-10(11(14)15)9-5-3-2-4-6-9/h2-6,10,12-13H,7-8H2,1H3,(H,14,15). The van der Waals surface area contributed by atoms with Gasteiger partial charge in [0.1, 0.15) is 6.04 Å². The van der Waals surface area contributed by atoms with Crippen LogP contribution in [0.2, 0.25) is 0 Å². The van der Waals surface area contributed by atoms with E-state index in [4.69, 9.17) is 5.11 Å². The highest BCUT2D eigenvalue weighted by Gasteiger charge is 2.18. The molecular formula is C11H16N2O4S. The van der Waals surface area contributed by atoms with Gasteiger partial charge in [-0.15, -0.1) is 0 Å². The minimum absolute atomic E-state index is 0.148. The fraction of sp³-hybridized carbons (Fsp3) is 0.364. The molecule has 0 aliphatic carbocycles. The molecule has 0 aliphatic heterocycles. The highest BCUT2D eigenvalue weighted by atomic mass is 32.2.